The summed E-state index contributed by atoms with van der Waals surface area (Å²) in [5, 5.41) is 15.2. The largest absolute Gasteiger partial charge is 0.481 e. The van der Waals surface area contributed by atoms with Crippen LogP contribution in [0.5, 0.6) is 0 Å². The van der Waals surface area contributed by atoms with Crippen molar-refractivity contribution in [2.45, 2.75) is 52.0 Å². The first-order valence-corrected chi connectivity index (χ1v) is 7.19. The van der Waals surface area contributed by atoms with Gasteiger partial charge in [0.15, 0.2) is 0 Å². The quantitative estimate of drug-likeness (QED) is 0.653. The van der Waals surface area contributed by atoms with Gasteiger partial charge in [-0.1, -0.05) is 27.2 Å². The summed E-state index contributed by atoms with van der Waals surface area (Å²) in [6.07, 6.45) is 3.58. The molecule has 1 heterocycles. The maximum Gasteiger partial charge on any atom is 0.308 e. The van der Waals surface area contributed by atoms with E-state index < -0.39 is 17.4 Å². The highest BCUT2D eigenvalue weighted by molar-refractivity contribution is 5.87. The second-order valence-electron chi connectivity index (χ2n) is 5.76. The van der Waals surface area contributed by atoms with Crippen LogP contribution in [0.1, 0.15) is 46.5 Å². The van der Waals surface area contributed by atoms with E-state index in [1.54, 1.807) is 0 Å². The van der Waals surface area contributed by atoms with E-state index in [-0.39, 0.29) is 18.4 Å². The monoisotopic (exact) mass is 270 g/mol. The molecule has 0 spiro atoms. The lowest BCUT2D eigenvalue weighted by Crippen LogP contribution is -2.54. The average molecular weight is 270 g/mol. The fraction of sp³-hybridized carbons (Fsp3) is 0.857. The number of carboxylic acids is 1. The average Bonchev–Trinajstić information content (AvgIpc) is 2.78. The summed E-state index contributed by atoms with van der Waals surface area (Å²) in [6, 6.07) is 0. The Balaban J connectivity index is 2.60. The molecule has 0 bridgehead atoms. The summed E-state index contributed by atoms with van der Waals surface area (Å²) in [5.41, 5.74) is -0.477. The number of carbonyl (C=O) groups is 2. The van der Waals surface area contributed by atoms with E-state index in [4.69, 9.17) is 5.11 Å². The Hall–Kier alpha value is -1.10. The predicted octanol–water partition coefficient (Wildman–Crippen LogP) is 1.38. The van der Waals surface area contributed by atoms with E-state index in [9.17, 15) is 9.59 Å². The van der Waals surface area contributed by atoms with Crippen LogP contribution in [0, 0.1) is 11.8 Å². The summed E-state index contributed by atoms with van der Waals surface area (Å²) in [7, 11) is 0. The number of hydrogen-bond donors (Lipinski definition) is 3. The van der Waals surface area contributed by atoms with Crippen LogP contribution in [0.2, 0.25) is 0 Å². The number of amides is 1. The van der Waals surface area contributed by atoms with Crippen molar-refractivity contribution >= 4 is 11.9 Å². The van der Waals surface area contributed by atoms with Crippen molar-refractivity contribution < 1.29 is 14.7 Å². The molecule has 0 aromatic heterocycles. The third-order valence-electron chi connectivity index (χ3n) is 3.96. The second kappa shape index (κ2) is 6.89. The van der Waals surface area contributed by atoms with E-state index in [0.717, 1.165) is 32.2 Å². The maximum atomic E-state index is 12.3. The van der Waals surface area contributed by atoms with E-state index in [0.29, 0.717) is 0 Å². The van der Waals surface area contributed by atoms with Crippen LogP contribution in [-0.4, -0.2) is 35.6 Å². The van der Waals surface area contributed by atoms with Crippen molar-refractivity contribution in [3.05, 3.63) is 0 Å². The minimum absolute atomic E-state index is 0.0106. The van der Waals surface area contributed by atoms with Crippen LogP contribution >= 0.6 is 0 Å². The van der Waals surface area contributed by atoms with Gasteiger partial charge in [-0.15, -0.1) is 0 Å². The Labute approximate surface area is 115 Å². The van der Waals surface area contributed by atoms with Crippen LogP contribution in [0.4, 0.5) is 0 Å². The molecular formula is C14H26N2O3. The molecule has 3 N–H and O–H groups in total. The van der Waals surface area contributed by atoms with Crippen LogP contribution < -0.4 is 10.6 Å². The first kappa shape index (κ1) is 16.0. The van der Waals surface area contributed by atoms with E-state index in [1.165, 1.54) is 0 Å². The van der Waals surface area contributed by atoms with Gasteiger partial charge >= 0.3 is 5.97 Å². The lowest BCUT2D eigenvalue weighted by atomic mass is 9.90. The third kappa shape index (κ3) is 3.93. The molecule has 2 unspecified atom stereocenters. The third-order valence-corrected chi connectivity index (χ3v) is 3.96. The topological polar surface area (TPSA) is 78.4 Å². The molecule has 5 nitrogen and oxygen atoms in total. The van der Waals surface area contributed by atoms with Gasteiger partial charge in [0.1, 0.15) is 0 Å². The van der Waals surface area contributed by atoms with Gasteiger partial charge in [-0.25, -0.2) is 0 Å². The van der Waals surface area contributed by atoms with Crippen LogP contribution in [-0.2, 0) is 9.59 Å². The molecule has 0 aliphatic carbocycles. The number of aliphatic carboxylic acids is 1. The van der Waals surface area contributed by atoms with E-state index in [2.05, 4.69) is 17.6 Å². The van der Waals surface area contributed by atoms with Crippen LogP contribution in [0.3, 0.4) is 0 Å². The summed E-state index contributed by atoms with van der Waals surface area (Å²) in [5.74, 6) is -1.40. The maximum absolute atomic E-state index is 12.3. The van der Waals surface area contributed by atoms with Crippen LogP contribution in [0.25, 0.3) is 0 Å². The van der Waals surface area contributed by atoms with Gasteiger partial charge in [-0.3, -0.25) is 9.59 Å². The highest BCUT2D eigenvalue weighted by atomic mass is 16.4. The molecule has 2 atom stereocenters. The number of nitrogens with one attached hydrogen (secondary N) is 2. The van der Waals surface area contributed by atoms with Crippen molar-refractivity contribution in [3.63, 3.8) is 0 Å². The molecule has 1 fully saturated rings. The first-order chi connectivity index (χ1) is 8.93. The van der Waals surface area contributed by atoms with Gasteiger partial charge in [0, 0.05) is 6.54 Å². The van der Waals surface area contributed by atoms with Gasteiger partial charge in [-0.05, 0) is 31.7 Å². The van der Waals surface area contributed by atoms with Gasteiger partial charge in [-0.2, -0.15) is 0 Å². The first-order valence-electron chi connectivity index (χ1n) is 7.19. The molecule has 0 saturated carbocycles. The van der Waals surface area contributed by atoms with Gasteiger partial charge in [0.05, 0.1) is 11.5 Å². The normalized spacial score (nSPS) is 24.4. The molecule has 110 valence electrons. The summed E-state index contributed by atoms with van der Waals surface area (Å²) in [4.78, 5) is 23.5. The Kier molecular flexibility index (Phi) is 5.79. The summed E-state index contributed by atoms with van der Waals surface area (Å²) < 4.78 is 0. The Morgan fingerprint density at radius 1 is 1.42 bits per heavy atom. The molecule has 19 heavy (non-hydrogen) atoms. The minimum Gasteiger partial charge on any atom is -0.481 e. The molecule has 1 amide bonds. The van der Waals surface area contributed by atoms with Crippen molar-refractivity contribution in [2.24, 2.45) is 11.8 Å². The zero-order chi connectivity index (χ0) is 14.5. The Morgan fingerprint density at radius 3 is 2.53 bits per heavy atom. The van der Waals surface area contributed by atoms with E-state index >= 15 is 0 Å². The number of carbonyl (C=O) groups excluding carboxylic acids is 1. The lowest BCUT2D eigenvalue weighted by molar-refractivity contribution is -0.143. The highest BCUT2D eigenvalue weighted by Gasteiger charge is 2.40. The van der Waals surface area contributed by atoms with Gasteiger partial charge in [0.2, 0.25) is 5.91 Å². The lowest BCUT2D eigenvalue weighted by Gasteiger charge is -2.29. The molecule has 0 aromatic rings. The zero-order valence-corrected chi connectivity index (χ0v) is 12.2. The SMILES string of the molecule is CCCC1(C(=O)NCC(C(=O)O)C(C)C)CCCN1. The fourth-order valence-electron chi connectivity index (χ4n) is 2.73. The molecule has 1 rings (SSSR count). The zero-order valence-electron chi connectivity index (χ0n) is 12.2. The standard InChI is InChI=1S/C14H26N2O3/c1-4-6-14(7-5-8-16-14)13(19)15-9-11(10(2)3)12(17)18/h10-11,16H,4-9H2,1-3H3,(H,15,19)(H,17,18). The van der Waals surface area contributed by atoms with Crippen molar-refractivity contribution in [3.8, 4) is 0 Å². The van der Waals surface area contributed by atoms with Crippen LogP contribution in [0.15, 0.2) is 0 Å². The second-order valence-corrected chi connectivity index (χ2v) is 5.76. The number of carboxylic acid groups (broad SMARTS) is 1. The molecule has 5 heteroatoms. The predicted molar refractivity (Wildman–Crippen MR) is 73.8 cm³/mol. The summed E-state index contributed by atoms with van der Waals surface area (Å²) in [6.45, 7) is 6.85. The molecular weight excluding hydrogens is 244 g/mol. The highest BCUT2D eigenvalue weighted by Crippen LogP contribution is 2.25. The Bertz CT molecular complexity index is 323. The van der Waals surface area contributed by atoms with Crippen molar-refractivity contribution in [1.29, 1.82) is 0 Å². The molecule has 1 aliphatic heterocycles. The van der Waals surface area contributed by atoms with Crippen molar-refractivity contribution in [2.75, 3.05) is 13.1 Å². The number of rotatable bonds is 7. The Morgan fingerprint density at radius 2 is 2.11 bits per heavy atom. The minimum atomic E-state index is -0.848. The smallest absolute Gasteiger partial charge is 0.308 e. The summed E-state index contributed by atoms with van der Waals surface area (Å²) >= 11 is 0. The fourth-order valence-corrected chi connectivity index (χ4v) is 2.73. The number of hydrogen-bond acceptors (Lipinski definition) is 3. The molecule has 0 aromatic carbocycles. The molecule has 1 saturated heterocycles. The van der Waals surface area contributed by atoms with Gasteiger partial charge < -0.3 is 15.7 Å². The van der Waals surface area contributed by atoms with Crippen molar-refractivity contribution in [1.82, 2.24) is 10.6 Å². The molecule has 0 radical (unpaired) electrons. The molecule has 1 aliphatic rings. The van der Waals surface area contributed by atoms with E-state index in [1.807, 2.05) is 13.8 Å². The van der Waals surface area contributed by atoms with Gasteiger partial charge in [0.25, 0.3) is 0 Å².